The van der Waals surface area contributed by atoms with E-state index >= 15 is 0 Å². The molecule has 0 saturated heterocycles. The van der Waals surface area contributed by atoms with Crippen LogP contribution in [-0.2, 0) is 16.6 Å². The van der Waals surface area contributed by atoms with E-state index in [9.17, 15) is 8.42 Å². The first-order chi connectivity index (χ1) is 10.00. The van der Waals surface area contributed by atoms with E-state index in [1.807, 2.05) is 6.07 Å². The van der Waals surface area contributed by atoms with Crippen LogP contribution in [0.4, 0.5) is 5.82 Å². The lowest BCUT2D eigenvalue weighted by Gasteiger charge is -2.16. The summed E-state index contributed by atoms with van der Waals surface area (Å²) in [5, 5.41) is 1.76. The van der Waals surface area contributed by atoms with Gasteiger partial charge in [0.05, 0.1) is 12.2 Å². The fourth-order valence-electron chi connectivity index (χ4n) is 1.99. The first-order valence-corrected chi connectivity index (χ1v) is 8.39. The standard InChI is InChI=1S/C12H13N5O2S2/c1-16(8-9-4-2-3-5-14-9)21(18,19)11-10(13)15-12-17(11)6-7-20-12/h2-7H,8,13H2,1H3. The lowest BCUT2D eigenvalue weighted by molar-refractivity contribution is 0.459. The quantitative estimate of drug-likeness (QED) is 0.778. The zero-order chi connectivity index (χ0) is 15.0. The van der Waals surface area contributed by atoms with Gasteiger partial charge in [0.25, 0.3) is 10.0 Å². The van der Waals surface area contributed by atoms with Gasteiger partial charge in [-0.15, -0.1) is 11.3 Å². The number of hydrogen-bond donors (Lipinski definition) is 1. The highest BCUT2D eigenvalue weighted by atomic mass is 32.2. The minimum atomic E-state index is -3.75. The number of fused-ring (bicyclic) bond motifs is 1. The average Bonchev–Trinajstić information content (AvgIpc) is 2.99. The maximum absolute atomic E-state index is 12.7. The molecule has 0 aliphatic rings. The van der Waals surface area contributed by atoms with Gasteiger partial charge in [0.1, 0.15) is 0 Å². The maximum atomic E-state index is 12.7. The summed E-state index contributed by atoms with van der Waals surface area (Å²) < 4.78 is 28.1. The van der Waals surface area contributed by atoms with E-state index in [1.165, 1.54) is 27.1 Å². The van der Waals surface area contributed by atoms with Gasteiger partial charge in [-0.25, -0.2) is 13.4 Å². The predicted molar refractivity (Wildman–Crippen MR) is 80.4 cm³/mol. The molecule has 0 unspecified atom stereocenters. The normalized spacial score (nSPS) is 12.3. The highest BCUT2D eigenvalue weighted by molar-refractivity contribution is 7.89. The summed E-state index contributed by atoms with van der Waals surface area (Å²) >= 11 is 1.33. The molecule has 0 saturated carbocycles. The summed E-state index contributed by atoms with van der Waals surface area (Å²) in [6.07, 6.45) is 3.27. The van der Waals surface area contributed by atoms with Gasteiger partial charge in [0.2, 0.25) is 0 Å². The molecule has 3 aromatic heterocycles. The Labute approximate surface area is 125 Å². The van der Waals surface area contributed by atoms with Crippen molar-refractivity contribution in [2.45, 2.75) is 11.6 Å². The molecule has 0 radical (unpaired) electrons. The summed E-state index contributed by atoms with van der Waals surface area (Å²) in [6.45, 7) is 0.167. The number of sulfonamides is 1. The number of nitrogens with two attached hydrogens (primary N) is 1. The van der Waals surface area contributed by atoms with Gasteiger partial charge in [0, 0.05) is 24.8 Å². The Morgan fingerprint density at radius 2 is 2.24 bits per heavy atom. The number of imidazole rings is 1. The molecule has 0 atom stereocenters. The molecule has 0 amide bonds. The number of pyridine rings is 1. The molecule has 9 heteroatoms. The minimum absolute atomic E-state index is 0.00261. The second kappa shape index (κ2) is 5.10. The second-order valence-corrected chi connectivity index (χ2v) is 7.27. The summed E-state index contributed by atoms with van der Waals surface area (Å²) in [5.74, 6) is 0.00900. The summed E-state index contributed by atoms with van der Waals surface area (Å²) in [5.41, 5.74) is 6.43. The predicted octanol–water partition coefficient (Wildman–Crippen LogP) is 1.19. The van der Waals surface area contributed by atoms with E-state index in [0.717, 1.165) is 0 Å². The molecule has 3 rings (SSSR count). The van der Waals surface area contributed by atoms with Crippen molar-refractivity contribution < 1.29 is 8.42 Å². The van der Waals surface area contributed by atoms with Crippen molar-refractivity contribution in [3.8, 4) is 0 Å². The number of hydrogen-bond acceptors (Lipinski definition) is 6. The molecular formula is C12H13N5O2S2. The summed E-state index contributed by atoms with van der Waals surface area (Å²) in [4.78, 5) is 8.75. The van der Waals surface area contributed by atoms with E-state index in [2.05, 4.69) is 9.97 Å². The number of rotatable bonds is 4. The zero-order valence-electron chi connectivity index (χ0n) is 11.2. The Balaban J connectivity index is 2.00. The maximum Gasteiger partial charge on any atom is 0.263 e. The molecule has 110 valence electrons. The third kappa shape index (κ3) is 2.39. The summed E-state index contributed by atoms with van der Waals surface area (Å²) in [7, 11) is -2.25. The third-order valence-corrected chi connectivity index (χ3v) is 5.61. The van der Waals surface area contributed by atoms with Crippen LogP contribution in [0.15, 0.2) is 41.0 Å². The number of anilines is 1. The van der Waals surface area contributed by atoms with Crippen LogP contribution in [0.2, 0.25) is 0 Å². The monoisotopic (exact) mass is 323 g/mol. The molecule has 21 heavy (non-hydrogen) atoms. The van der Waals surface area contributed by atoms with E-state index < -0.39 is 10.0 Å². The first-order valence-electron chi connectivity index (χ1n) is 6.07. The van der Waals surface area contributed by atoms with Crippen LogP contribution < -0.4 is 5.73 Å². The lowest BCUT2D eigenvalue weighted by Crippen LogP contribution is -2.28. The van der Waals surface area contributed by atoms with Gasteiger partial charge in [0.15, 0.2) is 15.8 Å². The van der Waals surface area contributed by atoms with Crippen molar-refractivity contribution in [2.24, 2.45) is 0 Å². The molecule has 0 aliphatic heterocycles. The van der Waals surface area contributed by atoms with Crippen molar-refractivity contribution in [3.05, 3.63) is 41.7 Å². The van der Waals surface area contributed by atoms with Gasteiger partial charge < -0.3 is 5.73 Å². The van der Waals surface area contributed by atoms with Crippen molar-refractivity contribution in [3.63, 3.8) is 0 Å². The molecule has 7 nitrogen and oxygen atoms in total. The van der Waals surface area contributed by atoms with Gasteiger partial charge in [-0.3, -0.25) is 9.38 Å². The van der Waals surface area contributed by atoms with Crippen LogP contribution in [-0.4, -0.2) is 34.1 Å². The van der Waals surface area contributed by atoms with E-state index in [1.54, 1.807) is 29.9 Å². The SMILES string of the molecule is CN(Cc1ccccn1)S(=O)(=O)c1c(N)nc2sccn12. The Morgan fingerprint density at radius 1 is 1.43 bits per heavy atom. The Hall–Kier alpha value is -1.97. The number of nitrogen functional groups attached to an aromatic ring is 1. The van der Waals surface area contributed by atoms with E-state index in [0.29, 0.717) is 10.7 Å². The molecule has 2 N–H and O–H groups in total. The fourth-order valence-corrected chi connectivity index (χ4v) is 4.07. The smallest absolute Gasteiger partial charge is 0.263 e. The van der Waals surface area contributed by atoms with Crippen LogP contribution in [0.1, 0.15) is 5.69 Å². The largest absolute Gasteiger partial charge is 0.381 e. The molecular weight excluding hydrogens is 310 g/mol. The highest BCUT2D eigenvalue weighted by Crippen LogP contribution is 2.26. The van der Waals surface area contributed by atoms with Crippen LogP contribution in [0, 0.1) is 0 Å². The fraction of sp³-hybridized carbons (Fsp3) is 0.167. The average molecular weight is 323 g/mol. The van der Waals surface area contributed by atoms with Gasteiger partial charge in [-0.1, -0.05) is 6.07 Å². The van der Waals surface area contributed by atoms with Crippen LogP contribution >= 0.6 is 11.3 Å². The number of nitrogens with zero attached hydrogens (tertiary/aromatic N) is 4. The summed E-state index contributed by atoms with van der Waals surface area (Å²) in [6, 6.07) is 5.36. The molecule has 3 heterocycles. The van der Waals surface area contributed by atoms with Crippen LogP contribution in [0.3, 0.4) is 0 Å². The molecule has 3 aromatic rings. The molecule has 0 fully saturated rings. The Morgan fingerprint density at radius 3 is 2.95 bits per heavy atom. The number of thiazole rings is 1. The first kappa shape index (κ1) is 14.0. The zero-order valence-corrected chi connectivity index (χ0v) is 12.8. The van der Waals surface area contributed by atoms with E-state index in [4.69, 9.17) is 5.73 Å². The molecule has 0 aliphatic carbocycles. The molecule has 0 spiro atoms. The highest BCUT2D eigenvalue weighted by Gasteiger charge is 2.29. The third-order valence-electron chi connectivity index (χ3n) is 3.01. The number of aromatic nitrogens is 3. The Kier molecular flexibility index (Phi) is 3.40. The minimum Gasteiger partial charge on any atom is -0.381 e. The van der Waals surface area contributed by atoms with Crippen LogP contribution in [0.25, 0.3) is 4.96 Å². The van der Waals surface area contributed by atoms with E-state index in [-0.39, 0.29) is 17.4 Å². The molecule has 0 aromatic carbocycles. The van der Waals surface area contributed by atoms with Gasteiger partial charge >= 0.3 is 0 Å². The lowest BCUT2D eigenvalue weighted by atomic mass is 10.3. The molecule has 0 bridgehead atoms. The topological polar surface area (TPSA) is 93.6 Å². The van der Waals surface area contributed by atoms with Crippen molar-refractivity contribution >= 4 is 32.1 Å². The van der Waals surface area contributed by atoms with Crippen molar-refractivity contribution in [1.29, 1.82) is 0 Å². The van der Waals surface area contributed by atoms with Gasteiger partial charge in [-0.05, 0) is 12.1 Å². The van der Waals surface area contributed by atoms with Crippen molar-refractivity contribution in [1.82, 2.24) is 18.7 Å². The van der Waals surface area contributed by atoms with Crippen molar-refractivity contribution in [2.75, 3.05) is 12.8 Å². The Bertz CT molecular complexity index is 870. The van der Waals surface area contributed by atoms with Crippen LogP contribution in [0.5, 0.6) is 0 Å². The van der Waals surface area contributed by atoms with Gasteiger partial charge in [-0.2, -0.15) is 4.31 Å². The second-order valence-electron chi connectivity index (χ2n) is 4.44.